The van der Waals surface area contributed by atoms with E-state index in [-0.39, 0.29) is 12.3 Å². The van der Waals surface area contributed by atoms with Crippen molar-refractivity contribution in [3.05, 3.63) is 0 Å². The largest absolute Gasteiger partial charge is 0.411 e. The molecule has 0 aromatic carbocycles. The van der Waals surface area contributed by atoms with Crippen molar-refractivity contribution in [3.8, 4) is 0 Å². The molecule has 0 aliphatic carbocycles. The van der Waals surface area contributed by atoms with Gasteiger partial charge < -0.3 is 24.5 Å². The molecule has 2 heterocycles. The number of nitrogens with zero attached hydrogens (tertiary/aromatic N) is 1. The Bertz CT molecular complexity index is 264. The predicted molar refractivity (Wildman–Crippen MR) is 45.0 cm³/mol. The first-order chi connectivity index (χ1) is 6.57. The van der Waals surface area contributed by atoms with E-state index in [0.29, 0.717) is 0 Å². The van der Waals surface area contributed by atoms with Crippen LogP contribution in [-0.2, 0) is 14.2 Å². The molecular formula is C8H13NO5. The quantitative estimate of drug-likeness (QED) is 0.451. The Morgan fingerprint density at radius 2 is 2.14 bits per heavy atom. The van der Waals surface area contributed by atoms with Gasteiger partial charge in [-0.15, -0.1) is 0 Å². The highest BCUT2D eigenvalue weighted by Crippen LogP contribution is 2.35. The lowest BCUT2D eigenvalue weighted by Gasteiger charge is -2.19. The van der Waals surface area contributed by atoms with Gasteiger partial charge in [0.25, 0.3) is 0 Å². The van der Waals surface area contributed by atoms with E-state index in [9.17, 15) is 0 Å². The van der Waals surface area contributed by atoms with Gasteiger partial charge in [0, 0.05) is 0 Å². The van der Waals surface area contributed by atoms with Gasteiger partial charge in [-0.05, 0) is 13.8 Å². The van der Waals surface area contributed by atoms with E-state index in [4.69, 9.17) is 24.5 Å². The Balaban J connectivity index is 2.18. The van der Waals surface area contributed by atoms with Gasteiger partial charge in [-0.3, -0.25) is 0 Å². The summed E-state index contributed by atoms with van der Waals surface area (Å²) in [5.74, 6) is -0.744. The number of aliphatic hydroxyl groups excluding tert-OH is 1. The fourth-order valence-corrected chi connectivity index (χ4v) is 1.70. The Labute approximate surface area is 81.1 Å². The van der Waals surface area contributed by atoms with E-state index in [1.807, 2.05) is 0 Å². The zero-order valence-corrected chi connectivity index (χ0v) is 8.01. The maximum Gasteiger partial charge on any atom is 0.193 e. The molecule has 2 saturated heterocycles. The van der Waals surface area contributed by atoms with Crippen LogP contribution in [0.5, 0.6) is 0 Å². The van der Waals surface area contributed by atoms with Crippen molar-refractivity contribution in [2.24, 2.45) is 5.16 Å². The SMILES string of the molecule is CC1(C)O[C@H]2O[C@H](CO)/C(=N/O)[C@H]2O1. The molecular weight excluding hydrogens is 190 g/mol. The lowest BCUT2D eigenvalue weighted by molar-refractivity contribution is -0.199. The van der Waals surface area contributed by atoms with Crippen LogP contribution in [0.2, 0.25) is 0 Å². The smallest absolute Gasteiger partial charge is 0.193 e. The van der Waals surface area contributed by atoms with Crippen molar-refractivity contribution in [2.75, 3.05) is 6.61 Å². The highest BCUT2D eigenvalue weighted by Gasteiger charge is 2.53. The van der Waals surface area contributed by atoms with E-state index in [2.05, 4.69) is 5.16 Å². The van der Waals surface area contributed by atoms with Gasteiger partial charge in [-0.2, -0.15) is 0 Å². The van der Waals surface area contributed by atoms with Crippen LogP contribution in [0.4, 0.5) is 0 Å². The highest BCUT2D eigenvalue weighted by molar-refractivity contribution is 5.94. The zero-order valence-electron chi connectivity index (χ0n) is 8.01. The fourth-order valence-electron chi connectivity index (χ4n) is 1.70. The maximum absolute atomic E-state index is 8.92. The first kappa shape index (κ1) is 9.85. The molecule has 6 nitrogen and oxygen atoms in total. The minimum atomic E-state index is -0.744. The molecule has 0 saturated carbocycles. The average Bonchev–Trinajstić information content (AvgIpc) is 2.55. The van der Waals surface area contributed by atoms with Gasteiger partial charge in [-0.25, -0.2) is 0 Å². The standard InChI is InChI=1S/C8H13NO5/c1-8(2)13-6-5(9-11)4(3-10)12-7(6)14-8/h4,6-7,10-11H,3H2,1-2H3/b9-5-/t4-,6-,7-/m1/s1. The molecule has 2 fully saturated rings. The second kappa shape index (κ2) is 3.16. The Hall–Kier alpha value is -0.690. The Kier molecular flexibility index (Phi) is 2.23. The van der Waals surface area contributed by atoms with Gasteiger partial charge in [0.2, 0.25) is 0 Å². The summed E-state index contributed by atoms with van der Waals surface area (Å²) in [5.41, 5.74) is 0.281. The summed E-state index contributed by atoms with van der Waals surface area (Å²) >= 11 is 0. The molecule has 0 unspecified atom stereocenters. The van der Waals surface area contributed by atoms with Gasteiger partial charge >= 0.3 is 0 Å². The number of rotatable bonds is 1. The number of oxime groups is 1. The Morgan fingerprint density at radius 1 is 1.43 bits per heavy atom. The summed E-state index contributed by atoms with van der Waals surface area (Å²) in [7, 11) is 0. The van der Waals surface area contributed by atoms with Crippen LogP contribution in [0.3, 0.4) is 0 Å². The summed E-state index contributed by atoms with van der Waals surface area (Å²) < 4.78 is 16.1. The third-order valence-electron chi connectivity index (χ3n) is 2.26. The Morgan fingerprint density at radius 3 is 2.71 bits per heavy atom. The molecule has 0 amide bonds. The lowest BCUT2D eigenvalue weighted by Crippen LogP contribution is -2.32. The van der Waals surface area contributed by atoms with E-state index < -0.39 is 24.3 Å². The lowest BCUT2D eigenvalue weighted by atomic mass is 10.2. The fraction of sp³-hybridized carbons (Fsp3) is 0.875. The summed E-state index contributed by atoms with van der Waals surface area (Å²) in [6.45, 7) is 3.24. The van der Waals surface area contributed by atoms with E-state index in [0.717, 1.165) is 0 Å². The third kappa shape index (κ3) is 1.40. The molecule has 2 rings (SSSR count). The van der Waals surface area contributed by atoms with E-state index in [1.165, 1.54) is 0 Å². The maximum atomic E-state index is 8.92. The molecule has 2 N–H and O–H groups in total. The van der Waals surface area contributed by atoms with Gasteiger partial charge in [-0.1, -0.05) is 5.16 Å². The molecule has 3 atom stereocenters. The van der Waals surface area contributed by atoms with Crippen LogP contribution in [-0.4, -0.2) is 46.9 Å². The summed E-state index contributed by atoms with van der Waals surface area (Å²) in [5, 5.41) is 20.7. The number of ether oxygens (including phenoxy) is 3. The van der Waals surface area contributed by atoms with Gasteiger partial charge in [0.15, 0.2) is 18.2 Å². The van der Waals surface area contributed by atoms with Crippen LogP contribution in [0, 0.1) is 0 Å². The molecule has 80 valence electrons. The van der Waals surface area contributed by atoms with Crippen molar-refractivity contribution in [1.29, 1.82) is 0 Å². The van der Waals surface area contributed by atoms with Gasteiger partial charge in [0.05, 0.1) is 6.61 Å². The number of aliphatic hydroxyl groups is 1. The van der Waals surface area contributed by atoms with Crippen LogP contribution in [0.15, 0.2) is 5.16 Å². The monoisotopic (exact) mass is 203 g/mol. The molecule has 6 heteroatoms. The highest BCUT2D eigenvalue weighted by atomic mass is 16.8. The minimum absolute atomic E-state index is 0.250. The van der Waals surface area contributed by atoms with Crippen LogP contribution < -0.4 is 0 Å². The summed E-state index contributed by atoms with van der Waals surface area (Å²) in [4.78, 5) is 0. The average molecular weight is 203 g/mol. The van der Waals surface area contributed by atoms with Crippen LogP contribution in [0.25, 0.3) is 0 Å². The molecule has 0 radical (unpaired) electrons. The van der Waals surface area contributed by atoms with Crippen LogP contribution >= 0.6 is 0 Å². The first-order valence-electron chi connectivity index (χ1n) is 4.41. The van der Waals surface area contributed by atoms with Crippen molar-refractivity contribution < 1.29 is 24.5 Å². The second-order valence-corrected chi connectivity index (χ2v) is 3.76. The second-order valence-electron chi connectivity index (χ2n) is 3.76. The van der Waals surface area contributed by atoms with Crippen molar-refractivity contribution >= 4 is 5.71 Å². The number of hydrogen-bond acceptors (Lipinski definition) is 6. The molecule has 0 bridgehead atoms. The predicted octanol–water partition coefficient (Wildman–Crippen LogP) is -0.315. The van der Waals surface area contributed by atoms with E-state index >= 15 is 0 Å². The van der Waals surface area contributed by atoms with E-state index in [1.54, 1.807) is 13.8 Å². The molecule has 14 heavy (non-hydrogen) atoms. The first-order valence-corrected chi connectivity index (χ1v) is 4.41. The van der Waals surface area contributed by atoms with Crippen LogP contribution in [0.1, 0.15) is 13.8 Å². The molecule has 0 aromatic heterocycles. The normalized spacial score (nSPS) is 43.1. The van der Waals surface area contributed by atoms with Crippen molar-refractivity contribution in [1.82, 2.24) is 0 Å². The number of fused-ring (bicyclic) bond motifs is 1. The number of hydrogen-bond donors (Lipinski definition) is 2. The summed E-state index contributed by atoms with van der Waals surface area (Å²) in [6.07, 6.45) is -1.74. The van der Waals surface area contributed by atoms with Crippen molar-refractivity contribution in [3.63, 3.8) is 0 Å². The third-order valence-corrected chi connectivity index (χ3v) is 2.26. The van der Waals surface area contributed by atoms with Crippen molar-refractivity contribution in [2.45, 2.75) is 38.1 Å². The minimum Gasteiger partial charge on any atom is -0.411 e. The molecule has 0 spiro atoms. The molecule has 0 aromatic rings. The topological polar surface area (TPSA) is 80.5 Å². The zero-order chi connectivity index (χ0) is 10.3. The molecule has 2 aliphatic rings. The molecule has 2 aliphatic heterocycles. The summed E-state index contributed by atoms with van der Waals surface area (Å²) in [6, 6.07) is 0. The van der Waals surface area contributed by atoms with Gasteiger partial charge in [0.1, 0.15) is 11.8 Å².